The Morgan fingerprint density at radius 2 is 1.91 bits per heavy atom. The Morgan fingerprint density at radius 3 is 2.59 bits per heavy atom. The summed E-state index contributed by atoms with van der Waals surface area (Å²) in [6.45, 7) is 4.10. The summed E-state index contributed by atoms with van der Waals surface area (Å²) in [6.07, 6.45) is 1.97. The number of rotatable bonds is 10. The molecule has 1 aliphatic rings. The number of carbonyl (C=O) groups is 2. The molecule has 5 N–H and O–H groups in total. The van der Waals surface area contributed by atoms with Crippen LogP contribution in [0.2, 0.25) is 0 Å². The number of hydrazine groups is 1. The molecule has 2 aromatic rings. The van der Waals surface area contributed by atoms with Gasteiger partial charge in [0.15, 0.2) is 12.3 Å². The first kappa shape index (κ1) is 25.2. The van der Waals surface area contributed by atoms with E-state index in [9.17, 15) is 19.2 Å². The molecule has 1 aromatic carbocycles. The molecule has 11 heteroatoms. The molecule has 1 saturated heterocycles. The van der Waals surface area contributed by atoms with Crippen molar-refractivity contribution < 1.29 is 14.3 Å². The van der Waals surface area contributed by atoms with E-state index in [2.05, 4.69) is 15.8 Å². The maximum absolute atomic E-state index is 13.1. The average Bonchev–Trinajstić information content (AvgIpc) is 3.32. The van der Waals surface area contributed by atoms with Gasteiger partial charge in [0.1, 0.15) is 5.82 Å². The van der Waals surface area contributed by atoms with Crippen LogP contribution in [0.5, 0.6) is 0 Å². The lowest BCUT2D eigenvalue weighted by Crippen LogP contribution is -2.43. The molecule has 0 aliphatic carbocycles. The fourth-order valence-electron chi connectivity index (χ4n) is 3.97. The Labute approximate surface area is 197 Å². The summed E-state index contributed by atoms with van der Waals surface area (Å²) in [5.41, 5.74) is 11.6. The number of nitrogen functional groups attached to an aromatic ring is 1. The van der Waals surface area contributed by atoms with Gasteiger partial charge < -0.3 is 15.4 Å². The van der Waals surface area contributed by atoms with Crippen molar-refractivity contribution in [1.29, 1.82) is 0 Å². The third kappa shape index (κ3) is 5.54. The van der Waals surface area contributed by atoms with E-state index >= 15 is 0 Å². The van der Waals surface area contributed by atoms with Gasteiger partial charge in [0.25, 0.3) is 11.5 Å². The van der Waals surface area contributed by atoms with E-state index in [-0.39, 0.29) is 24.1 Å². The van der Waals surface area contributed by atoms with Gasteiger partial charge >= 0.3 is 11.7 Å². The van der Waals surface area contributed by atoms with E-state index in [4.69, 9.17) is 10.5 Å². The summed E-state index contributed by atoms with van der Waals surface area (Å²) in [6, 6.07) is 9.17. The summed E-state index contributed by atoms with van der Waals surface area (Å²) >= 11 is 0. The van der Waals surface area contributed by atoms with Gasteiger partial charge in [-0.05, 0) is 18.4 Å². The standard InChI is InChI=1S/C23H32N6O5/c1-3-5-12-28(19-20(24)29(11-4-2)23(33)26-21(19)31)17(30)14-34-22(32)16-13-25-27-18(16)15-9-7-6-8-10-15/h6-10,16,18,25,27H,3-5,11-14,24H2,1-2H3,(H,26,31,33). The highest BCUT2D eigenvalue weighted by Gasteiger charge is 2.36. The maximum atomic E-state index is 13.1. The minimum Gasteiger partial charge on any atom is -0.455 e. The Bertz CT molecular complexity index is 1110. The number of aromatic amines is 1. The number of hydrogen-bond acceptors (Lipinski definition) is 8. The zero-order valence-electron chi connectivity index (χ0n) is 19.5. The first-order chi connectivity index (χ1) is 16.4. The van der Waals surface area contributed by atoms with Crippen LogP contribution >= 0.6 is 0 Å². The first-order valence-electron chi connectivity index (χ1n) is 11.5. The topological polar surface area (TPSA) is 152 Å². The number of aromatic nitrogens is 2. The molecule has 0 saturated carbocycles. The maximum Gasteiger partial charge on any atom is 0.330 e. The molecular weight excluding hydrogens is 440 g/mol. The monoisotopic (exact) mass is 472 g/mol. The lowest BCUT2D eigenvalue weighted by molar-refractivity contribution is -0.152. The number of H-pyrrole nitrogens is 1. The summed E-state index contributed by atoms with van der Waals surface area (Å²) in [4.78, 5) is 54.1. The summed E-state index contributed by atoms with van der Waals surface area (Å²) in [7, 11) is 0. The van der Waals surface area contributed by atoms with E-state index in [1.165, 1.54) is 9.47 Å². The number of anilines is 2. The van der Waals surface area contributed by atoms with E-state index in [0.29, 0.717) is 25.9 Å². The highest BCUT2D eigenvalue weighted by Crippen LogP contribution is 2.26. The van der Waals surface area contributed by atoms with E-state index < -0.39 is 35.7 Å². The largest absolute Gasteiger partial charge is 0.455 e. The number of amides is 1. The molecule has 2 heterocycles. The van der Waals surface area contributed by atoms with E-state index in [0.717, 1.165) is 12.0 Å². The molecule has 1 fully saturated rings. The fraction of sp³-hybridized carbons (Fsp3) is 0.478. The van der Waals surface area contributed by atoms with Gasteiger partial charge in [-0.15, -0.1) is 0 Å². The van der Waals surface area contributed by atoms with Gasteiger partial charge in [0, 0.05) is 19.6 Å². The molecular formula is C23H32N6O5. The SMILES string of the molecule is CCCCN(C(=O)COC(=O)C1CNNC1c1ccccc1)c1c(N)n(CCC)c(=O)[nH]c1=O. The molecule has 184 valence electrons. The summed E-state index contributed by atoms with van der Waals surface area (Å²) < 4.78 is 6.60. The fourth-order valence-corrected chi connectivity index (χ4v) is 3.97. The Morgan fingerprint density at radius 1 is 1.18 bits per heavy atom. The molecule has 0 bridgehead atoms. The predicted octanol–water partition coefficient (Wildman–Crippen LogP) is 0.670. The Balaban J connectivity index is 1.78. The average molecular weight is 473 g/mol. The molecule has 34 heavy (non-hydrogen) atoms. The number of unbranched alkanes of at least 4 members (excludes halogenated alkanes) is 1. The van der Waals surface area contributed by atoms with Crippen LogP contribution in [0, 0.1) is 5.92 Å². The number of benzene rings is 1. The number of carbonyl (C=O) groups excluding carboxylic acids is 2. The van der Waals surface area contributed by atoms with Gasteiger partial charge in [0.05, 0.1) is 12.0 Å². The number of nitrogens with one attached hydrogen (secondary N) is 3. The second kappa shape index (κ2) is 11.6. The first-order valence-corrected chi connectivity index (χ1v) is 11.5. The van der Waals surface area contributed by atoms with Crippen molar-refractivity contribution in [2.75, 3.05) is 30.3 Å². The number of esters is 1. The molecule has 3 rings (SSSR count). The normalized spacial score (nSPS) is 17.5. The number of nitrogens with two attached hydrogens (primary N) is 1. The van der Waals surface area contributed by atoms with Crippen LogP contribution in [0.1, 0.15) is 44.7 Å². The predicted molar refractivity (Wildman–Crippen MR) is 128 cm³/mol. The van der Waals surface area contributed by atoms with Gasteiger partial charge in [-0.25, -0.2) is 10.2 Å². The molecule has 1 aromatic heterocycles. The van der Waals surface area contributed by atoms with Crippen molar-refractivity contribution in [3.8, 4) is 0 Å². The minimum atomic E-state index is -0.751. The lowest BCUT2D eigenvalue weighted by atomic mass is 9.95. The van der Waals surface area contributed by atoms with E-state index in [1.54, 1.807) is 0 Å². The van der Waals surface area contributed by atoms with Crippen LogP contribution in [0.25, 0.3) is 0 Å². The van der Waals surface area contributed by atoms with Gasteiger partial charge in [0.2, 0.25) is 0 Å². The zero-order chi connectivity index (χ0) is 24.7. The van der Waals surface area contributed by atoms with Crippen molar-refractivity contribution in [3.05, 3.63) is 56.7 Å². The second-order valence-electron chi connectivity index (χ2n) is 8.17. The quantitative estimate of drug-likeness (QED) is 0.368. The summed E-state index contributed by atoms with van der Waals surface area (Å²) in [5, 5.41) is 0. The second-order valence-corrected chi connectivity index (χ2v) is 8.17. The van der Waals surface area contributed by atoms with Crippen LogP contribution in [-0.2, 0) is 20.9 Å². The highest BCUT2D eigenvalue weighted by atomic mass is 16.5. The van der Waals surface area contributed by atoms with Crippen LogP contribution in [0.15, 0.2) is 39.9 Å². The third-order valence-corrected chi connectivity index (χ3v) is 5.75. The number of ether oxygens (including phenoxy) is 1. The molecule has 0 radical (unpaired) electrons. The van der Waals surface area contributed by atoms with Crippen LogP contribution in [0.3, 0.4) is 0 Å². The Kier molecular flexibility index (Phi) is 8.61. The van der Waals surface area contributed by atoms with Crippen molar-refractivity contribution in [2.24, 2.45) is 5.92 Å². The molecule has 2 unspecified atom stereocenters. The lowest BCUT2D eigenvalue weighted by Gasteiger charge is -2.25. The van der Waals surface area contributed by atoms with Crippen LogP contribution in [-0.4, -0.2) is 41.1 Å². The van der Waals surface area contributed by atoms with Gasteiger partial charge in [-0.3, -0.25) is 29.4 Å². The van der Waals surface area contributed by atoms with Crippen molar-refractivity contribution >= 4 is 23.4 Å². The highest BCUT2D eigenvalue weighted by molar-refractivity contribution is 5.97. The van der Waals surface area contributed by atoms with Gasteiger partial charge in [-0.1, -0.05) is 50.6 Å². The molecule has 2 atom stereocenters. The van der Waals surface area contributed by atoms with Crippen molar-refractivity contribution in [1.82, 2.24) is 20.4 Å². The van der Waals surface area contributed by atoms with Crippen LogP contribution < -0.4 is 32.7 Å². The molecule has 1 aliphatic heterocycles. The van der Waals surface area contributed by atoms with Gasteiger partial charge in [-0.2, -0.15) is 0 Å². The van der Waals surface area contributed by atoms with Crippen molar-refractivity contribution in [2.45, 2.75) is 45.7 Å². The van der Waals surface area contributed by atoms with Crippen LogP contribution in [0.4, 0.5) is 11.5 Å². The molecule has 11 nitrogen and oxygen atoms in total. The Hall–Kier alpha value is -3.44. The van der Waals surface area contributed by atoms with Crippen molar-refractivity contribution in [3.63, 3.8) is 0 Å². The molecule has 1 amide bonds. The van der Waals surface area contributed by atoms with E-state index in [1.807, 2.05) is 44.2 Å². The smallest absolute Gasteiger partial charge is 0.330 e. The number of nitrogens with zero attached hydrogens (tertiary/aromatic N) is 2. The molecule has 0 spiro atoms. The summed E-state index contributed by atoms with van der Waals surface area (Å²) in [5.74, 6) is -1.73. The zero-order valence-corrected chi connectivity index (χ0v) is 19.5. The minimum absolute atomic E-state index is 0.0836. The third-order valence-electron chi connectivity index (χ3n) is 5.75. The number of hydrogen-bond donors (Lipinski definition) is 4.